The number of nitrogens with zero attached hydrogens (tertiary/aromatic N) is 1. The van der Waals surface area contributed by atoms with E-state index >= 15 is 0 Å². The molecular formula is C18H24N2O4. The number of carbonyl (C=O) groups excluding carboxylic acids is 1. The van der Waals surface area contributed by atoms with Crippen LogP contribution in [0.1, 0.15) is 52.5 Å². The third-order valence-electron chi connectivity index (χ3n) is 4.30. The van der Waals surface area contributed by atoms with Crippen LogP contribution in [0.4, 0.5) is 4.79 Å². The fraction of sp³-hybridized carbons (Fsp3) is 0.556. The summed E-state index contributed by atoms with van der Waals surface area (Å²) in [5.74, 6) is -0.306. The van der Waals surface area contributed by atoms with Crippen LogP contribution in [0.15, 0.2) is 33.5 Å². The molecule has 1 N–H and O–H groups in total. The second kappa shape index (κ2) is 6.34. The number of hydrogen-bond donors (Lipinski definition) is 1. The number of alkyl carbamates (subject to hydrolysis) is 1. The molecule has 1 aliphatic carbocycles. The summed E-state index contributed by atoms with van der Waals surface area (Å²) in [7, 11) is 0. The van der Waals surface area contributed by atoms with E-state index in [4.69, 9.17) is 9.15 Å². The van der Waals surface area contributed by atoms with Crippen LogP contribution in [0.5, 0.6) is 0 Å². The number of ether oxygens (including phenoxy) is 1. The van der Waals surface area contributed by atoms with E-state index in [2.05, 4.69) is 5.32 Å². The summed E-state index contributed by atoms with van der Waals surface area (Å²) < 4.78 is 12.4. The Hall–Kier alpha value is -2.24. The SMILES string of the molecule is CC(C)(C)OC(=O)NC1CCC(n2c(=O)oc3ccccc32)CC1. The molecule has 2 aromatic rings. The average molecular weight is 332 g/mol. The molecule has 6 nitrogen and oxygen atoms in total. The Bertz CT molecular complexity index is 776. The molecule has 130 valence electrons. The summed E-state index contributed by atoms with van der Waals surface area (Å²) in [5, 5.41) is 2.92. The predicted octanol–water partition coefficient (Wildman–Crippen LogP) is 3.60. The van der Waals surface area contributed by atoms with Crippen molar-refractivity contribution in [2.75, 3.05) is 0 Å². The lowest BCUT2D eigenvalue weighted by Crippen LogP contribution is -2.41. The van der Waals surface area contributed by atoms with E-state index in [9.17, 15) is 9.59 Å². The highest BCUT2D eigenvalue weighted by molar-refractivity contribution is 5.72. The molecular weight excluding hydrogens is 308 g/mol. The minimum atomic E-state index is -0.496. The number of amides is 1. The Morgan fingerprint density at radius 1 is 1.21 bits per heavy atom. The maximum Gasteiger partial charge on any atom is 0.420 e. The van der Waals surface area contributed by atoms with Crippen LogP contribution in [-0.4, -0.2) is 22.3 Å². The minimum Gasteiger partial charge on any atom is -0.444 e. The van der Waals surface area contributed by atoms with Gasteiger partial charge in [-0.3, -0.25) is 4.57 Å². The van der Waals surface area contributed by atoms with Crippen molar-refractivity contribution < 1.29 is 13.9 Å². The van der Waals surface area contributed by atoms with E-state index < -0.39 is 5.60 Å². The summed E-state index contributed by atoms with van der Waals surface area (Å²) in [4.78, 5) is 24.0. The number of nitrogens with one attached hydrogen (secondary N) is 1. The Morgan fingerprint density at radius 2 is 1.88 bits per heavy atom. The lowest BCUT2D eigenvalue weighted by molar-refractivity contribution is 0.0488. The summed E-state index contributed by atoms with van der Waals surface area (Å²) in [6.45, 7) is 5.54. The first-order chi connectivity index (χ1) is 11.3. The third-order valence-corrected chi connectivity index (χ3v) is 4.30. The molecule has 1 saturated carbocycles. The molecule has 0 spiro atoms. The van der Waals surface area contributed by atoms with Gasteiger partial charge in [-0.2, -0.15) is 0 Å². The number of hydrogen-bond acceptors (Lipinski definition) is 4. The number of para-hydroxylation sites is 2. The molecule has 6 heteroatoms. The molecule has 0 radical (unpaired) electrons. The van der Waals surface area contributed by atoms with Gasteiger partial charge in [0.05, 0.1) is 5.52 Å². The van der Waals surface area contributed by atoms with Crippen LogP contribution in [0.2, 0.25) is 0 Å². The van der Waals surface area contributed by atoms with Gasteiger partial charge in [0.15, 0.2) is 5.58 Å². The van der Waals surface area contributed by atoms with Gasteiger partial charge in [-0.15, -0.1) is 0 Å². The average Bonchev–Trinajstić information content (AvgIpc) is 2.82. The van der Waals surface area contributed by atoms with Crippen molar-refractivity contribution in [3.8, 4) is 0 Å². The monoisotopic (exact) mass is 332 g/mol. The van der Waals surface area contributed by atoms with Gasteiger partial charge in [-0.1, -0.05) is 12.1 Å². The largest absolute Gasteiger partial charge is 0.444 e. The number of benzene rings is 1. The third kappa shape index (κ3) is 3.63. The van der Waals surface area contributed by atoms with Gasteiger partial charge in [0.25, 0.3) is 0 Å². The number of oxazole rings is 1. The molecule has 0 atom stereocenters. The molecule has 1 heterocycles. The summed E-state index contributed by atoms with van der Waals surface area (Å²) in [5.41, 5.74) is 0.965. The summed E-state index contributed by atoms with van der Waals surface area (Å²) in [6, 6.07) is 7.68. The number of fused-ring (bicyclic) bond motifs is 1. The summed E-state index contributed by atoms with van der Waals surface area (Å²) >= 11 is 0. The van der Waals surface area contributed by atoms with Gasteiger partial charge in [-0.25, -0.2) is 9.59 Å². The molecule has 0 unspecified atom stereocenters. The first-order valence-corrected chi connectivity index (χ1v) is 8.43. The quantitative estimate of drug-likeness (QED) is 0.912. The van der Waals surface area contributed by atoms with Crippen LogP contribution in [-0.2, 0) is 4.74 Å². The summed E-state index contributed by atoms with van der Waals surface area (Å²) in [6.07, 6.45) is 2.90. The van der Waals surface area contributed by atoms with E-state index in [0.29, 0.717) is 5.58 Å². The highest BCUT2D eigenvalue weighted by Gasteiger charge is 2.27. The standard InChI is InChI=1S/C18H24N2O4/c1-18(2,3)24-16(21)19-12-8-10-13(11-9-12)20-14-6-4-5-7-15(14)23-17(20)22/h4-7,12-13H,8-11H2,1-3H3,(H,19,21). The van der Waals surface area contributed by atoms with E-state index in [1.54, 1.807) is 4.57 Å². The van der Waals surface area contributed by atoms with Gasteiger partial charge >= 0.3 is 11.8 Å². The van der Waals surface area contributed by atoms with Crippen LogP contribution in [0, 0.1) is 0 Å². The number of rotatable bonds is 2. The zero-order valence-electron chi connectivity index (χ0n) is 14.4. The molecule has 0 bridgehead atoms. The number of aromatic nitrogens is 1. The molecule has 3 rings (SSSR count). The van der Waals surface area contributed by atoms with Gasteiger partial charge < -0.3 is 14.5 Å². The lowest BCUT2D eigenvalue weighted by Gasteiger charge is -2.30. The maximum atomic E-state index is 12.2. The minimum absolute atomic E-state index is 0.0879. The molecule has 0 aliphatic heterocycles. The van der Waals surface area contributed by atoms with E-state index in [-0.39, 0.29) is 23.9 Å². The van der Waals surface area contributed by atoms with Crippen LogP contribution < -0.4 is 11.1 Å². The molecule has 1 aromatic heterocycles. The molecule has 0 saturated heterocycles. The Labute approximate surface area is 140 Å². The van der Waals surface area contributed by atoms with E-state index in [1.807, 2.05) is 45.0 Å². The Kier molecular flexibility index (Phi) is 4.39. The van der Waals surface area contributed by atoms with Crippen LogP contribution >= 0.6 is 0 Å². The molecule has 24 heavy (non-hydrogen) atoms. The topological polar surface area (TPSA) is 73.5 Å². The van der Waals surface area contributed by atoms with Crippen molar-refractivity contribution in [2.24, 2.45) is 0 Å². The van der Waals surface area contributed by atoms with Crippen molar-refractivity contribution in [3.63, 3.8) is 0 Å². The predicted molar refractivity (Wildman–Crippen MR) is 91.1 cm³/mol. The van der Waals surface area contributed by atoms with Crippen molar-refractivity contribution >= 4 is 17.2 Å². The lowest BCUT2D eigenvalue weighted by atomic mass is 9.91. The Morgan fingerprint density at radius 3 is 2.54 bits per heavy atom. The second-order valence-corrected chi connectivity index (χ2v) is 7.36. The van der Waals surface area contributed by atoms with E-state index in [1.165, 1.54) is 0 Å². The highest BCUT2D eigenvalue weighted by atomic mass is 16.6. The first-order valence-electron chi connectivity index (χ1n) is 8.43. The van der Waals surface area contributed by atoms with Crippen molar-refractivity contribution in [3.05, 3.63) is 34.8 Å². The Balaban J connectivity index is 1.64. The maximum absolute atomic E-state index is 12.2. The van der Waals surface area contributed by atoms with Crippen LogP contribution in [0.25, 0.3) is 11.1 Å². The molecule has 1 fully saturated rings. The second-order valence-electron chi connectivity index (χ2n) is 7.36. The smallest absolute Gasteiger partial charge is 0.420 e. The molecule has 1 amide bonds. The highest BCUT2D eigenvalue weighted by Crippen LogP contribution is 2.30. The fourth-order valence-corrected chi connectivity index (χ4v) is 3.28. The zero-order chi connectivity index (χ0) is 17.3. The van der Waals surface area contributed by atoms with E-state index in [0.717, 1.165) is 31.2 Å². The van der Waals surface area contributed by atoms with Crippen LogP contribution in [0.3, 0.4) is 0 Å². The van der Waals surface area contributed by atoms with Gasteiger partial charge in [0.1, 0.15) is 5.60 Å². The van der Waals surface area contributed by atoms with Crippen molar-refractivity contribution in [2.45, 2.75) is 64.1 Å². The molecule has 1 aliphatic rings. The number of carbonyl (C=O) groups is 1. The first kappa shape index (κ1) is 16.6. The fourth-order valence-electron chi connectivity index (χ4n) is 3.28. The van der Waals surface area contributed by atoms with Gasteiger partial charge in [0.2, 0.25) is 0 Å². The van der Waals surface area contributed by atoms with Gasteiger partial charge in [-0.05, 0) is 58.6 Å². The normalized spacial score (nSPS) is 21.6. The van der Waals surface area contributed by atoms with Crippen molar-refractivity contribution in [1.29, 1.82) is 0 Å². The molecule has 1 aromatic carbocycles. The van der Waals surface area contributed by atoms with Gasteiger partial charge in [0, 0.05) is 12.1 Å². The zero-order valence-corrected chi connectivity index (χ0v) is 14.4. The van der Waals surface area contributed by atoms with Crippen molar-refractivity contribution in [1.82, 2.24) is 9.88 Å².